The second-order valence-electron chi connectivity index (χ2n) is 5.48. The minimum absolute atomic E-state index is 0.229. The van der Waals surface area contributed by atoms with Crippen LogP contribution in [0.15, 0.2) is 48.5 Å². The number of likely N-dealkylation sites (N-methyl/N-ethyl adjacent to an activating group) is 1. The van der Waals surface area contributed by atoms with Crippen LogP contribution in [0.2, 0.25) is 0 Å². The highest BCUT2D eigenvalue weighted by Crippen LogP contribution is 2.32. The van der Waals surface area contributed by atoms with Gasteiger partial charge in [0.2, 0.25) is 0 Å². The predicted octanol–water partition coefficient (Wildman–Crippen LogP) is 2.78. The summed E-state index contributed by atoms with van der Waals surface area (Å²) >= 11 is 0. The van der Waals surface area contributed by atoms with E-state index in [-0.39, 0.29) is 11.9 Å². The summed E-state index contributed by atoms with van der Waals surface area (Å²) in [6.07, 6.45) is 0. The average molecular weight is 285 g/mol. The molecule has 2 N–H and O–H groups in total. The Bertz CT molecular complexity index is 629. The van der Waals surface area contributed by atoms with E-state index < -0.39 is 0 Å². The summed E-state index contributed by atoms with van der Waals surface area (Å²) in [4.78, 5) is 4.48. The van der Waals surface area contributed by atoms with Gasteiger partial charge in [0.25, 0.3) is 0 Å². The molecular weight excluding hydrogens is 265 g/mol. The van der Waals surface area contributed by atoms with Crippen LogP contribution in [0.4, 0.5) is 15.8 Å². The highest BCUT2D eigenvalue weighted by atomic mass is 19.1. The van der Waals surface area contributed by atoms with Gasteiger partial charge in [-0.25, -0.2) is 4.39 Å². The van der Waals surface area contributed by atoms with Gasteiger partial charge in [-0.05, 0) is 18.2 Å². The zero-order valence-electron chi connectivity index (χ0n) is 12.2. The van der Waals surface area contributed by atoms with Crippen LogP contribution in [-0.4, -0.2) is 26.7 Å². The van der Waals surface area contributed by atoms with Crippen LogP contribution in [0.5, 0.6) is 0 Å². The van der Waals surface area contributed by atoms with E-state index in [1.807, 2.05) is 18.2 Å². The first-order valence-corrected chi connectivity index (χ1v) is 7.22. The lowest BCUT2D eigenvalue weighted by Crippen LogP contribution is -2.42. The van der Waals surface area contributed by atoms with Crippen LogP contribution in [0.1, 0.15) is 11.6 Å². The molecule has 4 heteroatoms. The molecular formula is C17H20FN3. The number of para-hydroxylation sites is 2. The molecule has 2 aromatic rings. The van der Waals surface area contributed by atoms with E-state index in [9.17, 15) is 4.39 Å². The van der Waals surface area contributed by atoms with E-state index in [4.69, 9.17) is 5.73 Å². The van der Waals surface area contributed by atoms with E-state index in [0.717, 1.165) is 18.8 Å². The fourth-order valence-electron chi connectivity index (χ4n) is 2.87. The summed E-state index contributed by atoms with van der Waals surface area (Å²) < 4.78 is 13.8. The number of rotatable bonds is 3. The molecule has 0 saturated carbocycles. The molecule has 0 aliphatic carbocycles. The summed E-state index contributed by atoms with van der Waals surface area (Å²) in [5.41, 5.74) is 9.16. The number of fused-ring (bicyclic) bond motifs is 1. The topological polar surface area (TPSA) is 32.5 Å². The summed E-state index contributed by atoms with van der Waals surface area (Å²) in [6, 6.07) is 14.7. The SMILES string of the molecule is CN1CCN(CC(N)c2ccccc2F)c2ccccc21. The van der Waals surface area contributed by atoms with E-state index in [1.54, 1.807) is 12.1 Å². The number of halogens is 1. The van der Waals surface area contributed by atoms with Crippen molar-refractivity contribution in [2.75, 3.05) is 36.5 Å². The van der Waals surface area contributed by atoms with Gasteiger partial charge >= 0.3 is 0 Å². The number of anilines is 2. The molecule has 110 valence electrons. The van der Waals surface area contributed by atoms with Gasteiger partial charge in [-0.3, -0.25) is 0 Å². The van der Waals surface area contributed by atoms with Gasteiger partial charge in [-0.2, -0.15) is 0 Å². The van der Waals surface area contributed by atoms with Crippen LogP contribution in [-0.2, 0) is 0 Å². The molecule has 0 saturated heterocycles. The molecule has 1 aliphatic rings. The largest absolute Gasteiger partial charge is 0.371 e. The molecule has 2 aromatic carbocycles. The van der Waals surface area contributed by atoms with E-state index in [0.29, 0.717) is 12.1 Å². The summed E-state index contributed by atoms with van der Waals surface area (Å²) in [5, 5.41) is 0. The van der Waals surface area contributed by atoms with Crippen molar-refractivity contribution in [2.24, 2.45) is 5.73 Å². The smallest absolute Gasteiger partial charge is 0.128 e. The molecule has 0 aromatic heterocycles. The highest BCUT2D eigenvalue weighted by Gasteiger charge is 2.22. The Kier molecular flexibility index (Phi) is 3.80. The van der Waals surface area contributed by atoms with Gasteiger partial charge < -0.3 is 15.5 Å². The van der Waals surface area contributed by atoms with E-state index in [1.165, 1.54) is 11.8 Å². The predicted molar refractivity (Wildman–Crippen MR) is 85.3 cm³/mol. The Labute approximate surface area is 124 Å². The zero-order valence-corrected chi connectivity index (χ0v) is 12.2. The van der Waals surface area contributed by atoms with Crippen molar-refractivity contribution in [1.29, 1.82) is 0 Å². The summed E-state index contributed by atoms with van der Waals surface area (Å²) in [7, 11) is 2.09. The van der Waals surface area contributed by atoms with Crippen molar-refractivity contribution in [3.8, 4) is 0 Å². The molecule has 0 fully saturated rings. The molecule has 21 heavy (non-hydrogen) atoms. The number of benzene rings is 2. The van der Waals surface area contributed by atoms with Crippen molar-refractivity contribution in [3.05, 3.63) is 59.9 Å². The Morgan fingerprint density at radius 3 is 2.48 bits per heavy atom. The molecule has 3 nitrogen and oxygen atoms in total. The quantitative estimate of drug-likeness (QED) is 0.941. The number of nitrogens with zero attached hydrogens (tertiary/aromatic N) is 2. The van der Waals surface area contributed by atoms with E-state index in [2.05, 4.69) is 29.0 Å². The Balaban J connectivity index is 1.83. The first kappa shape index (κ1) is 13.9. The summed E-state index contributed by atoms with van der Waals surface area (Å²) in [5.74, 6) is -0.229. The fraction of sp³-hybridized carbons (Fsp3) is 0.294. The molecule has 1 aliphatic heterocycles. The minimum Gasteiger partial charge on any atom is -0.371 e. The second-order valence-corrected chi connectivity index (χ2v) is 5.48. The fourth-order valence-corrected chi connectivity index (χ4v) is 2.87. The lowest BCUT2D eigenvalue weighted by atomic mass is 10.1. The molecule has 0 spiro atoms. The van der Waals surface area contributed by atoms with Crippen LogP contribution < -0.4 is 15.5 Å². The third-order valence-corrected chi connectivity index (χ3v) is 4.06. The Morgan fingerprint density at radius 2 is 1.71 bits per heavy atom. The van der Waals surface area contributed by atoms with Gasteiger partial charge in [0, 0.05) is 32.2 Å². The van der Waals surface area contributed by atoms with Crippen molar-refractivity contribution in [1.82, 2.24) is 0 Å². The first-order chi connectivity index (χ1) is 10.2. The van der Waals surface area contributed by atoms with Crippen LogP contribution in [0.25, 0.3) is 0 Å². The van der Waals surface area contributed by atoms with Crippen molar-refractivity contribution < 1.29 is 4.39 Å². The molecule has 0 amide bonds. The van der Waals surface area contributed by atoms with Crippen LogP contribution in [0, 0.1) is 5.82 Å². The highest BCUT2D eigenvalue weighted by molar-refractivity contribution is 5.73. The lowest BCUT2D eigenvalue weighted by Gasteiger charge is -2.38. The lowest BCUT2D eigenvalue weighted by molar-refractivity contribution is 0.571. The second kappa shape index (κ2) is 5.74. The third kappa shape index (κ3) is 2.72. The number of hydrogen-bond acceptors (Lipinski definition) is 3. The monoisotopic (exact) mass is 285 g/mol. The Hall–Kier alpha value is -2.07. The van der Waals surface area contributed by atoms with E-state index >= 15 is 0 Å². The minimum atomic E-state index is -0.331. The number of nitrogens with two attached hydrogens (primary N) is 1. The van der Waals surface area contributed by atoms with Gasteiger partial charge in [-0.15, -0.1) is 0 Å². The maximum Gasteiger partial charge on any atom is 0.128 e. The maximum atomic E-state index is 13.8. The van der Waals surface area contributed by atoms with Crippen molar-refractivity contribution >= 4 is 11.4 Å². The summed E-state index contributed by atoms with van der Waals surface area (Å²) in [6.45, 7) is 2.46. The molecule has 0 bridgehead atoms. The molecule has 0 radical (unpaired) electrons. The number of hydrogen-bond donors (Lipinski definition) is 1. The molecule has 3 rings (SSSR count). The maximum absolute atomic E-state index is 13.8. The van der Waals surface area contributed by atoms with Crippen LogP contribution in [0.3, 0.4) is 0 Å². The zero-order chi connectivity index (χ0) is 14.8. The van der Waals surface area contributed by atoms with Gasteiger partial charge in [0.1, 0.15) is 5.82 Å². The van der Waals surface area contributed by atoms with Crippen LogP contribution >= 0.6 is 0 Å². The van der Waals surface area contributed by atoms with Crippen molar-refractivity contribution in [3.63, 3.8) is 0 Å². The third-order valence-electron chi connectivity index (χ3n) is 4.06. The Morgan fingerprint density at radius 1 is 1.05 bits per heavy atom. The van der Waals surface area contributed by atoms with Gasteiger partial charge in [0.05, 0.1) is 17.4 Å². The molecule has 1 atom stereocenters. The standard InChI is InChI=1S/C17H20FN3/c1-20-10-11-21(17-9-5-4-8-16(17)20)12-15(19)13-6-2-3-7-14(13)18/h2-9,15H,10-12,19H2,1H3. The molecule has 1 unspecified atom stereocenters. The van der Waals surface area contributed by atoms with Gasteiger partial charge in [-0.1, -0.05) is 30.3 Å². The van der Waals surface area contributed by atoms with Crippen molar-refractivity contribution in [2.45, 2.75) is 6.04 Å². The normalized spacial score (nSPS) is 15.8. The molecule has 1 heterocycles. The average Bonchev–Trinajstić information content (AvgIpc) is 2.51. The van der Waals surface area contributed by atoms with Gasteiger partial charge in [0.15, 0.2) is 0 Å². The first-order valence-electron chi connectivity index (χ1n) is 7.22.